The second-order valence-corrected chi connectivity index (χ2v) is 28.1. The average Bonchev–Trinajstić information content (AvgIpc) is 3.70. The SMILES string of the molecule is C[Si](C)(OC1=CC2=C(CCCC2)C1c1ccc([SiH]c2ccc(C3C(O[Si](C)(C)C4CCCCC4)=CC4=C3CCCC4)cc2)cc1)C1CCCCC1. The summed E-state index contributed by atoms with van der Waals surface area (Å²) in [6.07, 6.45) is 29.0. The second-order valence-electron chi connectivity index (χ2n) is 18.0. The molecule has 2 aromatic carbocycles. The Balaban J connectivity index is 0.971. The quantitative estimate of drug-likeness (QED) is 0.227. The van der Waals surface area contributed by atoms with Crippen molar-refractivity contribution in [1.29, 1.82) is 0 Å². The summed E-state index contributed by atoms with van der Waals surface area (Å²) in [5.41, 5.74) is 11.0. The van der Waals surface area contributed by atoms with Crippen molar-refractivity contribution in [3.63, 3.8) is 0 Å². The minimum absolute atomic E-state index is 0.0505. The van der Waals surface area contributed by atoms with Crippen LogP contribution in [0.5, 0.6) is 0 Å². The minimum atomic E-state index is -1.82. The Bertz CT molecular complexity index is 1550. The van der Waals surface area contributed by atoms with E-state index in [1.54, 1.807) is 22.3 Å². The van der Waals surface area contributed by atoms with Gasteiger partial charge in [0.05, 0.1) is 23.4 Å². The van der Waals surface area contributed by atoms with Crippen LogP contribution in [0, 0.1) is 0 Å². The van der Waals surface area contributed by atoms with Gasteiger partial charge in [0.1, 0.15) is 9.52 Å². The van der Waals surface area contributed by atoms with Crippen LogP contribution in [0.15, 0.2) is 94.5 Å². The predicted octanol–water partition coefficient (Wildman–Crippen LogP) is 11.9. The molecular formula is C46H63O2Si3. The van der Waals surface area contributed by atoms with Crippen molar-refractivity contribution in [2.24, 2.45) is 0 Å². The van der Waals surface area contributed by atoms with Crippen molar-refractivity contribution in [1.82, 2.24) is 0 Å². The van der Waals surface area contributed by atoms with Crippen molar-refractivity contribution in [2.45, 2.75) is 165 Å². The van der Waals surface area contributed by atoms with Crippen molar-refractivity contribution in [2.75, 3.05) is 0 Å². The Hall–Kier alpha value is -2.35. The number of hydrogen-bond donors (Lipinski definition) is 0. The third-order valence-electron chi connectivity index (χ3n) is 13.8. The highest BCUT2D eigenvalue weighted by atomic mass is 28.4. The highest BCUT2D eigenvalue weighted by Crippen LogP contribution is 2.50. The first-order chi connectivity index (χ1) is 24.7. The maximum Gasteiger partial charge on any atom is 0.247 e. The summed E-state index contributed by atoms with van der Waals surface area (Å²) in [7, 11) is -3.59. The Morgan fingerprint density at radius 1 is 0.471 bits per heavy atom. The zero-order valence-corrected chi connectivity index (χ0v) is 35.4. The molecule has 5 heteroatoms. The maximum absolute atomic E-state index is 7.22. The zero-order chi connectivity index (χ0) is 35.0. The fourth-order valence-electron chi connectivity index (χ4n) is 10.8. The summed E-state index contributed by atoms with van der Waals surface area (Å²) >= 11 is 0. The van der Waals surface area contributed by atoms with E-state index in [1.165, 1.54) is 149 Å². The molecule has 0 heterocycles. The van der Waals surface area contributed by atoms with E-state index in [1.807, 2.05) is 0 Å². The lowest BCUT2D eigenvalue weighted by Gasteiger charge is -2.37. The van der Waals surface area contributed by atoms with E-state index in [4.69, 9.17) is 8.85 Å². The molecular weight excluding hydrogens is 669 g/mol. The lowest BCUT2D eigenvalue weighted by molar-refractivity contribution is 0.354. The molecule has 6 aliphatic rings. The van der Waals surface area contributed by atoms with Crippen molar-refractivity contribution in [3.05, 3.63) is 106 Å². The number of allylic oxidation sites excluding steroid dienone is 6. The van der Waals surface area contributed by atoms with Crippen LogP contribution >= 0.6 is 0 Å². The highest BCUT2D eigenvalue weighted by Gasteiger charge is 2.42. The minimum Gasteiger partial charge on any atom is -0.546 e. The summed E-state index contributed by atoms with van der Waals surface area (Å²) in [5.74, 6) is 3.23. The molecule has 0 amide bonds. The van der Waals surface area contributed by atoms with Crippen molar-refractivity contribution in [3.8, 4) is 0 Å². The smallest absolute Gasteiger partial charge is 0.247 e. The van der Waals surface area contributed by atoms with Gasteiger partial charge in [0.25, 0.3) is 0 Å². The maximum atomic E-state index is 7.22. The molecule has 2 fully saturated rings. The molecule has 0 aromatic heterocycles. The third kappa shape index (κ3) is 7.69. The monoisotopic (exact) mass is 731 g/mol. The van der Waals surface area contributed by atoms with Gasteiger partial charge in [0, 0.05) is 0 Å². The lowest BCUT2D eigenvalue weighted by atomic mass is 9.84. The van der Waals surface area contributed by atoms with Gasteiger partial charge in [0.15, 0.2) is 0 Å². The summed E-state index contributed by atoms with van der Waals surface area (Å²) in [6, 6.07) is 19.5. The van der Waals surface area contributed by atoms with Gasteiger partial charge in [-0.25, -0.2) is 0 Å². The average molecular weight is 732 g/mol. The van der Waals surface area contributed by atoms with Crippen LogP contribution in [0.1, 0.15) is 139 Å². The first-order valence-electron chi connectivity index (χ1n) is 21.0. The molecule has 8 rings (SSSR count). The largest absolute Gasteiger partial charge is 0.546 e. The van der Waals surface area contributed by atoms with E-state index in [2.05, 4.69) is 86.9 Å². The van der Waals surface area contributed by atoms with Crippen LogP contribution in [0.2, 0.25) is 37.3 Å². The van der Waals surface area contributed by atoms with Gasteiger partial charge in [-0.05, 0) is 149 Å². The van der Waals surface area contributed by atoms with Crippen LogP contribution < -0.4 is 10.4 Å². The van der Waals surface area contributed by atoms with Crippen LogP contribution in [0.4, 0.5) is 0 Å². The first-order valence-corrected chi connectivity index (χ1v) is 28.2. The van der Waals surface area contributed by atoms with E-state index in [0.29, 0.717) is 11.8 Å². The topological polar surface area (TPSA) is 18.5 Å². The molecule has 2 unspecified atom stereocenters. The summed E-state index contributed by atoms with van der Waals surface area (Å²) in [5, 5.41) is 2.96. The Morgan fingerprint density at radius 3 is 1.24 bits per heavy atom. The molecule has 0 aliphatic heterocycles. The molecule has 271 valence electrons. The summed E-state index contributed by atoms with van der Waals surface area (Å²) in [4.78, 5) is 0. The van der Waals surface area contributed by atoms with E-state index in [9.17, 15) is 0 Å². The number of rotatable bonds is 10. The van der Waals surface area contributed by atoms with E-state index in [-0.39, 0.29) is 9.52 Å². The van der Waals surface area contributed by atoms with Gasteiger partial charge in [-0.15, -0.1) is 0 Å². The summed E-state index contributed by atoms with van der Waals surface area (Å²) < 4.78 is 14.4. The molecule has 2 nitrogen and oxygen atoms in total. The Labute approximate surface area is 314 Å². The molecule has 0 saturated heterocycles. The fraction of sp³-hybridized carbons (Fsp3) is 0.565. The normalized spacial score (nSPS) is 25.0. The van der Waals surface area contributed by atoms with Gasteiger partial charge < -0.3 is 8.85 Å². The molecule has 1 radical (unpaired) electrons. The number of hydrogen-bond acceptors (Lipinski definition) is 2. The fourth-order valence-corrected chi connectivity index (χ4v) is 17.4. The van der Waals surface area contributed by atoms with Crippen LogP contribution in [0.3, 0.4) is 0 Å². The number of benzene rings is 2. The van der Waals surface area contributed by atoms with Crippen LogP contribution in [-0.2, 0) is 8.85 Å². The molecule has 2 aromatic rings. The Morgan fingerprint density at radius 2 is 0.843 bits per heavy atom. The molecule has 51 heavy (non-hydrogen) atoms. The van der Waals surface area contributed by atoms with Crippen LogP contribution in [0.25, 0.3) is 0 Å². The lowest BCUT2D eigenvalue weighted by Crippen LogP contribution is -2.38. The van der Waals surface area contributed by atoms with Gasteiger partial charge in [-0.3, -0.25) is 0 Å². The van der Waals surface area contributed by atoms with E-state index in [0.717, 1.165) is 11.1 Å². The van der Waals surface area contributed by atoms with Gasteiger partial charge in [-0.2, -0.15) is 0 Å². The van der Waals surface area contributed by atoms with Crippen LogP contribution in [-0.4, -0.2) is 26.2 Å². The van der Waals surface area contributed by atoms with Gasteiger partial charge in [-0.1, -0.05) is 109 Å². The second kappa shape index (κ2) is 15.2. The molecule has 0 bridgehead atoms. The predicted molar refractivity (Wildman–Crippen MR) is 223 cm³/mol. The van der Waals surface area contributed by atoms with Crippen molar-refractivity contribution >= 4 is 36.5 Å². The molecule has 0 spiro atoms. The van der Waals surface area contributed by atoms with E-state index >= 15 is 0 Å². The molecule has 6 aliphatic carbocycles. The first kappa shape index (κ1) is 35.7. The molecule has 0 N–H and O–H groups in total. The summed E-state index contributed by atoms with van der Waals surface area (Å²) in [6.45, 7) is 9.99. The van der Waals surface area contributed by atoms with E-state index < -0.39 is 16.6 Å². The van der Waals surface area contributed by atoms with Gasteiger partial charge >= 0.3 is 0 Å². The standard InChI is InChI=1S/C46H63O2Si3/c1-50(2,39-17-7-5-8-18-39)47-43-31-35-15-11-13-21-41(35)45(43)33-23-27-37(28-24-33)49-38-29-25-34(26-30-38)46-42-22-14-12-16-36(42)32-44(46)48-51(3,4)40-19-9-6-10-20-40/h23-32,39-40,45-46,49H,5-22H2,1-4H3. The zero-order valence-electron chi connectivity index (χ0n) is 32.2. The molecule has 2 saturated carbocycles. The highest BCUT2D eigenvalue weighted by molar-refractivity contribution is 6.73. The van der Waals surface area contributed by atoms with Gasteiger partial charge in [0.2, 0.25) is 16.6 Å². The molecule has 2 atom stereocenters. The Kier molecular flexibility index (Phi) is 10.6. The third-order valence-corrected chi connectivity index (χ3v) is 21.9. The van der Waals surface area contributed by atoms with Crippen molar-refractivity contribution < 1.29 is 8.85 Å².